The van der Waals surface area contributed by atoms with Crippen molar-refractivity contribution in [3.05, 3.63) is 46.2 Å². The summed E-state index contributed by atoms with van der Waals surface area (Å²) in [7, 11) is 0. The number of nitrogens with zero attached hydrogens (tertiary/aromatic N) is 2. The summed E-state index contributed by atoms with van der Waals surface area (Å²) in [5, 5.41) is 8.97. The Kier molecular flexibility index (Phi) is 3.19. The molecule has 0 saturated carbocycles. The first-order valence-corrected chi connectivity index (χ1v) is 5.70. The van der Waals surface area contributed by atoms with Crippen molar-refractivity contribution in [2.24, 2.45) is 0 Å². The van der Waals surface area contributed by atoms with Crippen molar-refractivity contribution >= 4 is 21.9 Å². The maximum Gasteiger partial charge on any atom is 0.355 e. The summed E-state index contributed by atoms with van der Waals surface area (Å²) in [5.41, 5.74) is 1.85. The van der Waals surface area contributed by atoms with Gasteiger partial charge >= 0.3 is 5.97 Å². The van der Waals surface area contributed by atoms with E-state index < -0.39 is 5.97 Å². The molecule has 0 aliphatic heterocycles. The van der Waals surface area contributed by atoms with Gasteiger partial charge in [0.2, 0.25) is 0 Å². The van der Waals surface area contributed by atoms with E-state index in [0.717, 1.165) is 11.1 Å². The van der Waals surface area contributed by atoms with Gasteiger partial charge in [0, 0.05) is 11.8 Å². The van der Waals surface area contributed by atoms with E-state index in [4.69, 9.17) is 5.11 Å². The van der Waals surface area contributed by atoms with Gasteiger partial charge in [-0.15, -0.1) is 0 Å². The number of carbonyl (C=O) groups is 1. The Balaban J connectivity index is 2.54. The second kappa shape index (κ2) is 4.63. The molecule has 0 fully saturated rings. The van der Waals surface area contributed by atoms with Crippen LogP contribution < -0.4 is 0 Å². The summed E-state index contributed by atoms with van der Waals surface area (Å²) < 4.78 is 0.376. The van der Waals surface area contributed by atoms with Gasteiger partial charge in [0.1, 0.15) is 0 Å². The number of carboxylic acids is 1. The van der Waals surface area contributed by atoms with Gasteiger partial charge < -0.3 is 5.11 Å². The summed E-state index contributed by atoms with van der Waals surface area (Å²) >= 11 is 3.11. The second-order valence-corrected chi connectivity index (χ2v) is 4.42. The van der Waals surface area contributed by atoms with E-state index in [2.05, 4.69) is 25.9 Å². The van der Waals surface area contributed by atoms with Crippen LogP contribution in [-0.4, -0.2) is 21.0 Å². The van der Waals surface area contributed by atoms with Crippen LogP contribution in [0.5, 0.6) is 0 Å². The first-order valence-electron chi connectivity index (χ1n) is 4.91. The molecule has 0 spiro atoms. The zero-order valence-corrected chi connectivity index (χ0v) is 10.6. The minimum Gasteiger partial charge on any atom is -0.476 e. The highest BCUT2D eigenvalue weighted by Crippen LogP contribution is 2.20. The molecule has 1 aromatic carbocycles. The van der Waals surface area contributed by atoms with Crippen molar-refractivity contribution in [2.45, 2.75) is 6.92 Å². The first kappa shape index (κ1) is 11.7. The predicted octanol–water partition coefficient (Wildman–Crippen LogP) is 2.91. The molecule has 0 atom stereocenters. The molecule has 0 aliphatic rings. The van der Waals surface area contributed by atoms with Crippen molar-refractivity contribution in [1.29, 1.82) is 0 Å². The highest BCUT2D eigenvalue weighted by molar-refractivity contribution is 9.10. The summed E-state index contributed by atoms with van der Waals surface area (Å²) in [6, 6.07) is 7.60. The van der Waals surface area contributed by atoms with Gasteiger partial charge in [0.25, 0.3) is 0 Å². The summed E-state index contributed by atoms with van der Waals surface area (Å²) in [5.74, 6) is -0.664. The van der Waals surface area contributed by atoms with Crippen molar-refractivity contribution in [1.82, 2.24) is 9.97 Å². The summed E-state index contributed by atoms with van der Waals surface area (Å²) in [6.07, 6.45) is 1.45. The second-order valence-electron chi connectivity index (χ2n) is 3.56. The van der Waals surface area contributed by atoms with Gasteiger partial charge in [-0.05, 0) is 28.9 Å². The van der Waals surface area contributed by atoms with Crippen LogP contribution in [0.4, 0.5) is 0 Å². The van der Waals surface area contributed by atoms with Crippen LogP contribution in [0.15, 0.2) is 34.9 Å². The minimum absolute atomic E-state index is 0.0310. The van der Waals surface area contributed by atoms with E-state index in [1.165, 1.54) is 6.20 Å². The molecule has 17 heavy (non-hydrogen) atoms. The molecular formula is C12H9BrN2O2. The van der Waals surface area contributed by atoms with E-state index in [1.807, 2.05) is 31.2 Å². The Labute approximate surface area is 106 Å². The molecule has 0 radical (unpaired) electrons. The molecule has 2 rings (SSSR count). The minimum atomic E-state index is -1.08. The molecule has 0 amide bonds. The van der Waals surface area contributed by atoms with Crippen LogP contribution in [0.2, 0.25) is 0 Å². The molecule has 5 heteroatoms. The Bertz CT molecular complexity index is 584. The molecular weight excluding hydrogens is 284 g/mol. The Morgan fingerprint density at radius 3 is 2.82 bits per heavy atom. The number of halogens is 1. The maximum atomic E-state index is 11.0. The average Bonchev–Trinajstić information content (AvgIpc) is 2.29. The number of aromatic carboxylic acids is 1. The molecule has 86 valence electrons. The van der Waals surface area contributed by atoms with Crippen LogP contribution in [0, 0.1) is 6.92 Å². The average molecular weight is 293 g/mol. The van der Waals surface area contributed by atoms with Crippen LogP contribution in [0.3, 0.4) is 0 Å². The van der Waals surface area contributed by atoms with Crippen molar-refractivity contribution in [3.8, 4) is 11.4 Å². The lowest BCUT2D eigenvalue weighted by atomic mass is 10.1. The van der Waals surface area contributed by atoms with Crippen LogP contribution in [0.25, 0.3) is 11.4 Å². The lowest BCUT2D eigenvalue weighted by Gasteiger charge is -2.03. The highest BCUT2D eigenvalue weighted by Gasteiger charge is 2.12. The molecule has 0 bridgehead atoms. The van der Waals surface area contributed by atoms with Gasteiger partial charge in [0.05, 0.1) is 4.47 Å². The number of aromatic nitrogens is 2. The van der Waals surface area contributed by atoms with Gasteiger partial charge in [-0.2, -0.15) is 0 Å². The number of benzene rings is 1. The largest absolute Gasteiger partial charge is 0.476 e. The quantitative estimate of drug-likeness (QED) is 0.924. The smallest absolute Gasteiger partial charge is 0.355 e. The zero-order chi connectivity index (χ0) is 12.4. The highest BCUT2D eigenvalue weighted by atomic mass is 79.9. The number of hydrogen-bond acceptors (Lipinski definition) is 3. The fourth-order valence-corrected chi connectivity index (χ4v) is 1.80. The first-order chi connectivity index (χ1) is 8.08. The van der Waals surface area contributed by atoms with Crippen molar-refractivity contribution in [3.63, 3.8) is 0 Å². The Morgan fingerprint density at radius 1 is 1.41 bits per heavy atom. The standard InChI is InChI=1S/C12H9BrN2O2/c1-7-3-2-4-8(5-7)11-14-6-9(13)10(15-11)12(16)17/h2-6H,1H3,(H,16,17). The predicted molar refractivity (Wildman–Crippen MR) is 66.9 cm³/mol. The van der Waals surface area contributed by atoms with Crippen LogP contribution in [0.1, 0.15) is 16.1 Å². The van der Waals surface area contributed by atoms with Crippen LogP contribution >= 0.6 is 15.9 Å². The van der Waals surface area contributed by atoms with Gasteiger partial charge in [0.15, 0.2) is 11.5 Å². The van der Waals surface area contributed by atoms with Gasteiger partial charge in [-0.25, -0.2) is 14.8 Å². The molecule has 0 unspecified atom stereocenters. The molecule has 2 aromatic rings. The normalized spacial score (nSPS) is 10.2. The molecule has 4 nitrogen and oxygen atoms in total. The molecule has 1 heterocycles. The molecule has 1 N–H and O–H groups in total. The van der Waals surface area contributed by atoms with E-state index in [-0.39, 0.29) is 5.69 Å². The van der Waals surface area contributed by atoms with Crippen LogP contribution in [-0.2, 0) is 0 Å². The van der Waals surface area contributed by atoms with E-state index >= 15 is 0 Å². The van der Waals surface area contributed by atoms with Gasteiger partial charge in [-0.1, -0.05) is 23.8 Å². The molecule has 0 aliphatic carbocycles. The molecule has 1 aromatic heterocycles. The number of aryl methyl sites for hydroxylation is 1. The monoisotopic (exact) mass is 292 g/mol. The maximum absolute atomic E-state index is 11.0. The fraction of sp³-hybridized carbons (Fsp3) is 0.0833. The third-order valence-electron chi connectivity index (χ3n) is 2.22. The van der Waals surface area contributed by atoms with Crippen molar-refractivity contribution < 1.29 is 9.90 Å². The molecule has 0 saturated heterocycles. The van der Waals surface area contributed by atoms with E-state index in [0.29, 0.717) is 10.3 Å². The number of carboxylic acid groups (broad SMARTS) is 1. The number of rotatable bonds is 2. The summed E-state index contributed by atoms with van der Waals surface area (Å²) in [4.78, 5) is 19.1. The lowest BCUT2D eigenvalue weighted by molar-refractivity contribution is 0.0689. The SMILES string of the molecule is Cc1cccc(-c2ncc(Br)c(C(=O)O)n2)c1. The third kappa shape index (κ3) is 2.50. The van der Waals surface area contributed by atoms with Crippen molar-refractivity contribution in [2.75, 3.05) is 0 Å². The fourth-order valence-electron chi connectivity index (χ4n) is 1.44. The zero-order valence-electron chi connectivity index (χ0n) is 9.01. The third-order valence-corrected chi connectivity index (χ3v) is 2.80. The Hall–Kier alpha value is -1.75. The summed E-state index contributed by atoms with van der Waals surface area (Å²) in [6.45, 7) is 1.96. The van der Waals surface area contributed by atoms with E-state index in [1.54, 1.807) is 0 Å². The topological polar surface area (TPSA) is 63.1 Å². The Morgan fingerprint density at radius 2 is 2.18 bits per heavy atom. The lowest BCUT2D eigenvalue weighted by Crippen LogP contribution is -2.04. The number of hydrogen-bond donors (Lipinski definition) is 1. The van der Waals surface area contributed by atoms with E-state index in [9.17, 15) is 4.79 Å². The van der Waals surface area contributed by atoms with Gasteiger partial charge in [-0.3, -0.25) is 0 Å².